The zero-order chi connectivity index (χ0) is 22.7. The standard InChI is InChI=1S/C20H18N4O5S3/c1-10-6-14(24-29-10)21-15(25)8-30-9-16(26)28-11(2)18-22-19(27)17-12(7-32-20(17)23-18)13-4-3-5-31-13/h3-7,11H,8-9H2,1-2H3,(H,21,24,25)(H,22,23,27). The highest BCUT2D eigenvalue weighted by atomic mass is 32.2. The Kier molecular flexibility index (Phi) is 6.72. The molecule has 0 bridgehead atoms. The first-order chi connectivity index (χ1) is 15.4. The molecule has 0 fully saturated rings. The van der Waals surface area contributed by atoms with Crippen molar-refractivity contribution in [2.24, 2.45) is 0 Å². The second kappa shape index (κ2) is 9.67. The van der Waals surface area contributed by atoms with E-state index in [4.69, 9.17) is 9.26 Å². The Morgan fingerprint density at radius 2 is 2.19 bits per heavy atom. The van der Waals surface area contributed by atoms with Crippen LogP contribution in [0, 0.1) is 6.92 Å². The minimum Gasteiger partial charge on any atom is -0.454 e. The van der Waals surface area contributed by atoms with Gasteiger partial charge in [-0.05, 0) is 25.3 Å². The van der Waals surface area contributed by atoms with Crippen LogP contribution in [-0.4, -0.2) is 38.5 Å². The highest BCUT2D eigenvalue weighted by molar-refractivity contribution is 8.00. The summed E-state index contributed by atoms with van der Waals surface area (Å²) in [6.07, 6.45) is -0.737. The fourth-order valence-corrected chi connectivity index (χ4v) is 5.25. The summed E-state index contributed by atoms with van der Waals surface area (Å²) in [5, 5.41) is 10.6. The number of esters is 1. The number of aromatic amines is 1. The van der Waals surface area contributed by atoms with Gasteiger partial charge in [-0.1, -0.05) is 11.2 Å². The van der Waals surface area contributed by atoms with E-state index in [0.29, 0.717) is 21.8 Å². The largest absolute Gasteiger partial charge is 0.454 e. The molecule has 4 rings (SSSR count). The summed E-state index contributed by atoms with van der Waals surface area (Å²) >= 11 is 4.03. The number of carbonyl (C=O) groups excluding carboxylic acids is 2. The van der Waals surface area contributed by atoms with E-state index in [9.17, 15) is 14.4 Å². The Morgan fingerprint density at radius 3 is 2.91 bits per heavy atom. The quantitative estimate of drug-likeness (QED) is 0.355. The lowest BCUT2D eigenvalue weighted by Crippen LogP contribution is -2.19. The number of nitrogens with zero attached hydrogens (tertiary/aromatic N) is 2. The molecule has 1 atom stereocenters. The van der Waals surface area contributed by atoms with Crippen LogP contribution >= 0.6 is 34.4 Å². The van der Waals surface area contributed by atoms with Crippen molar-refractivity contribution in [3.63, 3.8) is 0 Å². The van der Waals surface area contributed by atoms with E-state index in [1.165, 1.54) is 11.3 Å². The van der Waals surface area contributed by atoms with Gasteiger partial charge in [-0.15, -0.1) is 34.4 Å². The Morgan fingerprint density at radius 1 is 1.34 bits per heavy atom. The number of anilines is 1. The maximum atomic E-state index is 12.7. The Bertz CT molecular complexity index is 1310. The number of ether oxygens (including phenoxy) is 1. The zero-order valence-electron chi connectivity index (χ0n) is 17.0. The normalized spacial score (nSPS) is 12.1. The molecule has 0 saturated heterocycles. The van der Waals surface area contributed by atoms with Crippen molar-refractivity contribution >= 4 is 62.3 Å². The molecule has 1 amide bonds. The fraction of sp³-hybridized carbons (Fsp3) is 0.250. The van der Waals surface area contributed by atoms with Crippen LogP contribution in [0.25, 0.3) is 20.7 Å². The summed E-state index contributed by atoms with van der Waals surface area (Å²) in [5.41, 5.74) is 0.576. The van der Waals surface area contributed by atoms with Crippen LogP contribution in [0.2, 0.25) is 0 Å². The first-order valence-electron chi connectivity index (χ1n) is 9.46. The van der Waals surface area contributed by atoms with Gasteiger partial charge in [-0.3, -0.25) is 14.4 Å². The fourth-order valence-electron chi connectivity index (χ4n) is 2.89. The van der Waals surface area contributed by atoms with E-state index < -0.39 is 12.1 Å². The molecule has 0 spiro atoms. The van der Waals surface area contributed by atoms with E-state index >= 15 is 0 Å². The molecule has 4 aromatic rings. The van der Waals surface area contributed by atoms with Crippen molar-refractivity contribution in [3.05, 3.63) is 50.9 Å². The number of H-pyrrole nitrogens is 1. The average Bonchev–Trinajstić information content (AvgIpc) is 3.48. The second-order valence-electron chi connectivity index (χ2n) is 6.75. The number of nitrogens with one attached hydrogen (secondary N) is 2. The van der Waals surface area contributed by atoms with Gasteiger partial charge in [0, 0.05) is 21.9 Å². The molecule has 1 unspecified atom stereocenters. The summed E-state index contributed by atoms with van der Waals surface area (Å²) in [7, 11) is 0. The number of carbonyl (C=O) groups is 2. The van der Waals surface area contributed by atoms with Crippen LogP contribution in [0.1, 0.15) is 24.6 Å². The number of hydrogen-bond donors (Lipinski definition) is 2. The first-order valence-corrected chi connectivity index (χ1v) is 12.4. The van der Waals surface area contributed by atoms with Gasteiger partial charge in [0.15, 0.2) is 17.7 Å². The van der Waals surface area contributed by atoms with E-state index in [0.717, 1.165) is 22.2 Å². The van der Waals surface area contributed by atoms with Crippen molar-refractivity contribution in [1.29, 1.82) is 0 Å². The molecule has 4 heterocycles. The van der Waals surface area contributed by atoms with Gasteiger partial charge in [-0.2, -0.15) is 0 Å². The van der Waals surface area contributed by atoms with E-state index in [1.807, 2.05) is 22.9 Å². The van der Waals surface area contributed by atoms with Crippen LogP contribution in [-0.2, 0) is 14.3 Å². The topological polar surface area (TPSA) is 127 Å². The molecule has 0 aromatic carbocycles. The SMILES string of the molecule is Cc1cc(NC(=O)CSCC(=O)OC(C)c2nc3scc(-c4cccs4)c3c(=O)[nH]2)no1. The van der Waals surface area contributed by atoms with E-state index in [2.05, 4.69) is 20.4 Å². The monoisotopic (exact) mass is 490 g/mol. The maximum absolute atomic E-state index is 12.7. The van der Waals surface area contributed by atoms with Crippen molar-refractivity contribution in [1.82, 2.24) is 15.1 Å². The van der Waals surface area contributed by atoms with Gasteiger partial charge in [0.05, 0.1) is 16.9 Å². The Labute approximate surface area is 194 Å². The predicted molar refractivity (Wildman–Crippen MR) is 125 cm³/mol. The Balaban J connectivity index is 1.33. The zero-order valence-corrected chi connectivity index (χ0v) is 19.5. The molecular formula is C20H18N4O5S3. The third-order valence-electron chi connectivity index (χ3n) is 4.29. The number of aromatic nitrogens is 3. The number of hydrogen-bond acceptors (Lipinski definition) is 10. The van der Waals surface area contributed by atoms with Crippen molar-refractivity contribution in [3.8, 4) is 10.4 Å². The number of fused-ring (bicyclic) bond motifs is 1. The average molecular weight is 491 g/mol. The Hall–Kier alpha value is -2.96. The number of thioether (sulfide) groups is 1. The number of aryl methyl sites for hydroxylation is 1. The lowest BCUT2D eigenvalue weighted by molar-refractivity contribution is -0.145. The van der Waals surface area contributed by atoms with Gasteiger partial charge in [0.25, 0.3) is 5.56 Å². The summed E-state index contributed by atoms with van der Waals surface area (Å²) < 4.78 is 10.3. The molecule has 4 aromatic heterocycles. The second-order valence-corrected chi connectivity index (χ2v) is 9.55. The molecule has 0 radical (unpaired) electrons. The van der Waals surface area contributed by atoms with Crippen molar-refractivity contribution in [2.45, 2.75) is 20.0 Å². The summed E-state index contributed by atoms with van der Waals surface area (Å²) in [5.74, 6) is 0.396. The third-order valence-corrected chi connectivity index (χ3v) is 6.97. The van der Waals surface area contributed by atoms with Crippen LogP contribution < -0.4 is 10.9 Å². The molecule has 0 saturated carbocycles. The molecule has 166 valence electrons. The molecule has 32 heavy (non-hydrogen) atoms. The van der Waals surface area contributed by atoms with Crippen molar-refractivity contribution < 1.29 is 18.8 Å². The molecule has 0 aliphatic rings. The van der Waals surface area contributed by atoms with Gasteiger partial charge in [-0.25, -0.2) is 4.98 Å². The number of thiophene rings is 2. The van der Waals surface area contributed by atoms with Crippen LogP contribution in [0.4, 0.5) is 5.82 Å². The van der Waals surface area contributed by atoms with E-state index in [1.54, 1.807) is 31.3 Å². The van der Waals surface area contributed by atoms with E-state index in [-0.39, 0.29) is 28.8 Å². The van der Waals surface area contributed by atoms with Crippen LogP contribution in [0.15, 0.2) is 38.3 Å². The number of rotatable bonds is 8. The van der Waals surface area contributed by atoms with Crippen molar-refractivity contribution in [2.75, 3.05) is 16.8 Å². The molecule has 9 nitrogen and oxygen atoms in total. The smallest absolute Gasteiger partial charge is 0.316 e. The summed E-state index contributed by atoms with van der Waals surface area (Å²) in [6.45, 7) is 3.36. The molecule has 2 N–H and O–H groups in total. The van der Waals surface area contributed by atoms with Gasteiger partial charge in [0.1, 0.15) is 10.6 Å². The molecular weight excluding hydrogens is 472 g/mol. The van der Waals surface area contributed by atoms with Gasteiger partial charge in [0.2, 0.25) is 5.91 Å². The third kappa shape index (κ3) is 5.09. The molecule has 0 aliphatic heterocycles. The number of amides is 1. The predicted octanol–water partition coefficient (Wildman–Crippen LogP) is 3.99. The minimum atomic E-state index is -0.737. The van der Waals surface area contributed by atoms with Gasteiger partial charge >= 0.3 is 5.97 Å². The van der Waals surface area contributed by atoms with Crippen LogP contribution in [0.3, 0.4) is 0 Å². The lowest BCUT2D eigenvalue weighted by Gasteiger charge is -2.12. The highest BCUT2D eigenvalue weighted by Gasteiger charge is 2.19. The maximum Gasteiger partial charge on any atom is 0.316 e. The van der Waals surface area contributed by atoms with Gasteiger partial charge < -0.3 is 19.6 Å². The molecule has 0 aliphatic carbocycles. The lowest BCUT2D eigenvalue weighted by atomic mass is 10.2. The molecule has 12 heteroatoms. The minimum absolute atomic E-state index is 0.0242. The summed E-state index contributed by atoms with van der Waals surface area (Å²) in [6, 6.07) is 5.48. The highest BCUT2D eigenvalue weighted by Crippen LogP contribution is 2.33. The first kappa shape index (κ1) is 22.2. The van der Waals surface area contributed by atoms with Crippen LogP contribution in [0.5, 0.6) is 0 Å². The summed E-state index contributed by atoms with van der Waals surface area (Å²) in [4.78, 5) is 45.5.